The minimum absolute atomic E-state index is 0.0462. The Hall–Kier alpha value is -4.07. The molecule has 228 valence electrons. The van der Waals surface area contributed by atoms with E-state index in [1.807, 2.05) is 12.3 Å². The van der Waals surface area contributed by atoms with E-state index in [1.165, 1.54) is 59.9 Å². The molecular formula is C38H40N6O. The molecule has 0 radical (unpaired) electrons. The van der Waals surface area contributed by atoms with Crippen LogP contribution in [0.25, 0.3) is 44.4 Å². The monoisotopic (exact) mass is 596 g/mol. The Bertz CT molecular complexity index is 1950. The number of aromatic amines is 2. The van der Waals surface area contributed by atoms with Gasteiger partial charge in [0.2, 0.25) is 0 Å². The van der Waals surface area contributed by atoms with Crippen molar-refractivity contribution in [3.05, 3.63) is 93.9 Å². The molecule has 2 atom stereocenters. The maximum Gasteiger partial charge on any atom is 0.258 e. The highest BCUT2D eigenvalue weighted by atomic mass is 16.1. The van der Waals surface area contributed by atoms with Crippen LogP contribution >= 0.6 is 0 Å². The van der Waals surface area contributed by atoms with Crippen LogP contribution in [0.15, 0.2) is 65.6 Å². The Morgan fingerprint density at radius 3 is 2.02 bits per heavy atom. The topological polar surface area (TPSA) is 98.5 Å². The Kier molecular flexibility index (Phi) is 6.53. The van der Waals surface area contributed by atoms with Crippen molar-refractivity contribution in [3.8, 4) is 33.5 Å². The van der Waals surface area contributed by atoms with Crippen molar-refractivity contribution in [2.75, 3.05) is 13.1 Å². The minimum atomic E-state index is -0.0462. The van der Waals surface area contributed by atoms with Gasteiger partial charge in [0.1, 0.15) is 11.6 Å². The zero-order valence-corrected chi connectivity index (χ0v) is 25.7. The number of fused-ring (bicyclic) bond motifs is 2. The highest BCUT2D eigenvalue weighted by Gasteiger charge is 2.41. The molecule has 2 saturated heterocycles. The van der Waals surface area contributed by atoms with Crippen LogP contribution in [0.5, 0.6) is 0 Å². The summed E-state index contributed by atoms with van der Waals surface area (Å²) in [5.41, 5.74) is 11.3. The van der Waals surface area contributed by atoms with E-state index in [1.54, 1.807) is 0 Å². The number of rotatable bonds is 5. The average molecular weight is 597 g/mol. The molecular weight excluding hydrogens is 556 g/mol. The lowest BCUT2D eigenvalue weighted by atomic mass is 9.82. The first-order valence-electron chi connectivity index (χ1n) is 16.9. The molecule has 0 bridgehead atoms. The lowest BCUT2D eigenvalue weighted by Crippen LogP contribution is -2.20. The standard InChI is InChI=1S/C38H40N6O/c45-37-28-19-25(11-14-31(28)42-36(44-37)33-6-4-18-40-33)27-13-12-26(29-20-38(21-30(27)29)15-1-2-16-38)23-7-9-24(10-8-23)34-22-41-35(43-34)32-5-3-17-39-32/h7-14,19,22,32-33,39-40H,1-6,15-18,20-21H2,(H,41,43)(H,42,44,45)/t32-,33-/m0/s1. The molecule has 4 N–H and O–H groups in total. The summed E-state index contributed by atoms with van der Waals surface area (Å²) in [5.74, 6) is 1.80. The van der Waals surface area contributed by atoms with Gasteiger partial charge in [-0.25, -0.2) is 9.97 Å². The number of imidazole rings is 1. The first-order chi connectivity index (χ1) is 22.1. The van der Waals surface area contributed by atoms with Gasteiger partial charge in [0, 0.05) is 0 Å². The molecule has 3 fully saturated rings. The van der Waals surface area contributed by atoms with E-state index in [4.69, 9.17) is 4.98 Å². The van der Waals surface area contributed by atoms with Crippen LogP contribution in [0.3, 0.4) is 0 Å². The molecule has 7 nitrogen and oxygen atoms in total. The lowest BCUT2D eigenvalue weighted by Gasteiger charge is -2.22. The first kappa shape index (κ1) is 27.3. The van der Waals surface area contributed by atoms with E-state index in [9.17, 15) is 4.79 Å². The second kappa shape index (κ2) is 10.8. The molecule has 4 aliphatic rings. The molecule has 45 heavy (non-hydrogen) atoms. The summed E-state index contributed by atoms with van der Waals surface area (Å²) in [6, 6.07) is 20.4. The number of aromatic nitrogens is 4. The van der Waals surface area contributed by atoms with Gasteiger partial charge in [-0.05, 0) is 121 Å². The largest absolute Gasteiger partial charge is 0.341 e. The van der Waals surface area contributed by atoms with E-state index < -0.39 is 0 Å². The molecule has 7 heteroatoms. The second-order valence-corrected chi connectivity index (χ2v) is 13.9. The van der Waals surface area contributed by atoms with Crippen molar-refractivity contribution in [2.24, 2.45) is 5.41 Å². The number of benzene rings is 3. The van der Waals surface area contributed by atoms with Gasteiger partial charge in [0.05, 0.1) is 34.9 Å². The highest BCUT2D eigenvalue weighted by molar-refractivity contribution is 5.86. The van der Waals surface area contributed by atoms with Crippen LogP contribution in [-0.2, 0) is 12.8 Å². The molecule has 1 spiro atoms. The Morgan fingerprint density at radius 1 is 0.689 bits per heavy atom. The maximum absolute atomic E-state index is 13.3. The Balaban J connectivity index is 1.08. The molecule has 0 unspecified atom stereocenters. The molecule has 9 rings (SSSR count). The average Bonchev–Trinajstić information content (AvgIpc) is 3.91. The van der Waals surface area contributed by atoms with Gasteiger partial charge < -0.3 is 20.6 Å². The summed E-state index contributed by atoms with van der Waals surface area (Å²) < 4.78 is 0. The third kappa shape index (κ3) is 4.75. The summed E-state index contributed by atoms with van der Waals surface area (Å²) >= 11 is 0. The van der Waals surface area contributed by atoms with Crippen molar-refractivity contribution in [2.45, 2.75) is 76.3 Å². The van der Waals surface area contributed by atoms with E-state index in [-0.39, 0.29) is 11.6 Å². The summed E-state index contributed by atoms with van der Waals surface area (Å²) in [7, 11) is 0. The summed E-state index contributed by atoms with van der Waals surface area (Å²) in [5, 5.41) is 7.66. The predicted octanol–water partition coefficient (Wildman–Crippen LogP) is 7.16. The third-order valence-electron chi connectivity index (χ3n) is 11.1. The predicted molar refractivity (Wildman–Crippen MR) is 179 cm³/mol. The van der Waals surface area contributed by atoms with Gasteiger partial charge in [-0.3, -0.25) is 4.79 Å². The van der Waals surface area contributed by atoms with E-state index in [2.05, 4.69) is 74.1 Å². The number of nitrogens with one attached hydrogen (secondary N) is 4. The van der Waals surface area contributed by atoms with Crippen LogP contribution in [0.4, 0.5) is 0 Å². The van der Waals surface area contributed by atoms with E-state index in [0.717, 1.165) is 79.2 Å². The lowest BCUT2D eigenvalue weighted by molar-refractivity contribution is 0.318. The summed E-state index contributed by atoms with van der Waals surface area (Å²) in [4.78, 5) is 29.5. The fraction of sp³-hybridized carbons (Fsp3) is 0.395. The van der Waals surface area contributed by atoms with Gasteiger partial charge in [-0.15, -0.1) is 0 Å². The van der Waals surface area contributed by atoms with Crippen LogP contribution in [0, 0.1) is 5.41 Å². The van der Waals surface area contributed by atoms with Crippen molar-refractivity contribution in [3.63, 3.8) is 0 Å². The molecule has 2 aliphatic heterocycles. The van der Waals surface area contributed by atoms with E-state index >= 15 is 0 Å². The fourth-order valence-corrected chi connectivity index (χ4v) is 8.74. The summed E-state index contributed by atoms with van der Waals surface area (Å²) in [6.45, 7) is 2.04. The minimum Gasteiger partial charge on any atom is -0.341 e. The van der Waals surface area contributed by atoms with Crippen molar-refractivity contribution >= 4 is 10.9 Å². The zero-order valence-electron chi connectivity index (χ0n) is 25.7. The molecule has 4 heterocycles. The first-order valence-corrected chi connectivity index (χ1v) is 16.9. The van der Waals surface area contributed by atoms with Gasteiger partial charge in [-0.1, -0.05) is 55.3 Å². The van der Waals surface area contributed by atoms with Crippen LogP contribution < -0.4 is 16.2 Å². The van der Waals surface area contributed by atoms with Gasteiger partial charge in [0.15, 0.2) is 0 Å². The smallest absolute Gasteiger partial charge is 0.258 e. The zero-order chi connectivity index (χ0) is 30.0. The maximum atomic E-state index is 13.3. The molecule has 0 amide bonds. The number of H-pyrrole nitrogens is 2. The highest BCUT2D eigenvalue weighted by Crippen LogP contribution is 2.53. The quantitative estimate of drug-likeness (QED) is 0.173. The Morgan fingerprint density at radius 2 is 1.33 bits per heavy atom. The van der Waals surface area contributed by atoms with Crippen LogP contribution in [0.2, 0.25) is 0 Å². The number of hydrogen-bond acceptors (Lipinski definition) is 5. The third-order valence-corrected chi connectivity index (χ3v) is 11.1. The molecule has 3 aromatic carbocycles. The number of nitrogens with zero attached hydrogens (tertiary/aromatic N) is 2. The number of hydrogen-bond donors (Lipinski definition) is 4. The molecule has 5 aromatic rings. The van der Waals surface area contributed by atoms with E-state index in [0.29, 0.717) is 16.8 Å². The van der Waals surface area contributed by atoms with Gasteiger partial charge in [0.25, 0.3) is 5.56 Å². The van der Waals surface area contributed by atoms with Gasteiger partial charge in [-0.2, -0.15) is 0 Å². The SMILES string of the molecule is O=c1[nH]c([C@@H]2CCCN2)nc2ccc(-c3ccc(-c4ccc(-c5cnc([C@@H]6CCCN6)[nH]5)cc4)c4c3CC3(CCCC3)C4)cc12. The normalized spacial score (nSPS) is 22.1. The van der Waals surface area contributed by atoms with Crippen molar-refractivity contribution < 1.29 is 0 Å². The van der Waals surface area contributed by atoms with Crippen LogP contribution in [0.1, 0.15) is 86.2 Å². The molecule has 2 aromatic heterocycles. The van der Waals surface area contributed by atoms with Crippen molar-refractivity contribution in [1.29, 1.82) is 0 Å². The Labute approximate surface area is 263 Å². The summed E-state index contributed by atoms with van der Waals surface area (Å²) in [6.07, 6.45) is 13.9. The second-order valence-electron chi connectivity index (χ2n) is 13.9. The van der Waals surface area contributed by atoms with Crippen molar-refractivity contribution in [1.82, 2.24) is 30.6 Å². The van der Waals surface area contributed by atoms with Gasteiger partial charge >= 0.3 is 0 Å². The van der Waals surface area contributed by atoms with Crippen LogP contribution in [-0.4, -0.2) is 33.0 Å². The fourth-order valence-electron chi connectivity index (χ4n) is 8.74. The molecule has 2 aliphatic carbocycles. The molecule has 1 saturated carbocycles.